The highest BCUT2D eigenvalue weighted by Gasteiger charge is 2.20. The molecular weight excluding hydrogens is 300 g/mol. The number of carbonyl (C=O) groups excluding carboxylic acids is 1. The van der Waals surface area contributed by atoms with Crippen LogP contribution in [0.25, 0.3) is 0 Å². The van der Waals surface area contributed by atoms with Crippen LogP contribution in [0.3, 0.4) is 0 Å². The number of likely N-dealkylation sites (N-methyl/N-ethyl adjacent to an activating group) is 1. The molecule has 0 aliphatic heterocycles. The molecule has 2 aromatic rings. The van der Waals surface area contributed by atoms with E-state index in [4.69, 9.17) is 4.74 Å². The number of ether oxygens (including phenoxy) is 1. The Labute approximate surface area is 134 Å². The Hall–Kier alpha value is -1.92. The first-order valence-corrected chi connectivity index (χ1v) is 7.87. The van der Waals surface area contributed by atoms with E-state index in [-0.39, 0.29) is 12.5 Å². The quantitative estimate of drug-likeness (QED) is 0.888. The number of benzene rings is 1. The number of rotatable bonds is 6. The molecule has 1 aromatic heterocycles. The molecule has 2 rings (SSSR count). The van der Waals surface area contributed by atoms with Gasteiger partial charge in [-0.05, 0) is 32.0 Å². The Morgan fingerprint density at radius 1 is 1.45 bits per heavy atom. The average molecular weight is 320 g/mol. The number of thiazole rings is 1. The SMILES string of the molecule is CN(CC(C)(C)O)C(=O)c1cccc(OCc2cscn2)c1. The van der Waals surface area contributed by atoms with E-state index in [1.165, 1.54) is 16.2 Å². The standard InChI is InChI=1S/C16H20N2O3S/c1-16(2,20)10-18(3)15(19)12-5-4-6-14(7-12)21-8-13-9-22-11-17-13/h4-7,9,11,20H,8,10H2,1-3H3. The summed E-state index contributed by atoms with van der Waals surface area (Å²) in [6.45, 7) is 3.98. The van der Waals surface area contributed by atoms with Gasteiger partial charge < -0.3 is 14.7 Å². The minimum atomic E-state index is -0.927. The topological polar surface area (TPSA) is 62.7 Å². The molecule has 0 aliphatic rings. The molecule has 0 unspecified atom stereocenters. The lowest BCUT2D eigenvalue weighted by molar-refractivity contribution is 0.0367. The zero-order valence-electron chi connectivity index (χ0n) is 12.9. The largest absolute Gasteiger partial charge is 0.487 e. The summed E-state index contributed by atoms with van der Waals surface area (Å²) in [5, 5.41) is 11.7. The van der Waals surface area contributed by atoms with Gasteiger partial charge >= 0.3 is 0 Å². The molecule has 0 saturated carbocycles. The second-order valence-corrected chi connectivity index (χ2v) is 6.49. The van der Waals surface area contributed by atoms with Crippen LogP contribution in [0, 0.1) is 0 Å². The van der Waals surface area contributed by atoms with Crippen LogP contribution in [0.1, 0.15) is 29.9 Å². The molecule has 6 heteroatoms. The van der Waals surface area contributed by atoms with E-state index in [2.05, 4.69) is 4.98 Å². The molecule has 0 atom stereocenters. The summed E-state index contributed by atoms with van der Waals surface area (Å²) >= 11 is 1.52. The third-order valence-electron chi connectivity index (χ3n) is 2.92. The van der Waals surface area contributed by atoms with Crippen molar-refractivity contribution < 1.29 is 14.6 Å². The summed E-state index contributed by atoms with van der Waals surface area (Å²) in [6.07, 6.45) is 0. The van der Waals surface area contributed by atoms with Gasteiger partial charge in [-0.3, -0.25) is 4.79 Å². The van der Waals surface area contributed by atoms with Crippen molar-refractivity contribution in [2.45, 2.75) is 26.1 Å². The van der Waals surface area contributed by atoms with Gasteiger partial charge in [-0.1, -0.05) is 6.07 Å². The average Bonchev–Trinajstić information content (AvgIpc) is 2.96. The fraction of sp³-hybridized carbons (Fsp3) is 0.375. The van der Waals surface area contributed by atoms with E-state index in [0.29, 0.717) is 17.9 Å². The van der Waals surface area contributed by atoms with E-state index in [1.54, 1.807) is 50.7 Å². The predicted octanol–water partition coefficient (Wildman–Crippen LogP) is 2.57. The number of hydrogen-bond acceptors (Lipinski definition) is 5. The number of carbonyl (C=O) groups is 1. The van der Waals surface area contributed by atoms with Crippen molar-refractivity contribution in [1.82, 2.24) is 9.88 Å². The second-order valence-electron chi connectivity index (χ2n) is 5.77. The fourth-order valence-electron chi connectivity index (χ4n) is 2.06. The van der Waals surface area contributed by atoms with E-state index in [0.717, 1.165) is 5.69 Å². The summed E-state index contributed by atoms with van der Waals surface area (Å²) in [4.78, 5) is 18.0. The molecule has 0 spiro atoms. The number of aromatic nitrogens is 1. The van der Waals surface area contributed by atoms with Crippen LogP contribution < -0.4 is 4.74 Å². The van der Waals surface area contributed by atoms with Gasteiger partial charge in [0.15, 0.2) is 0 Å². The van der Waals surface area contributed by atoms with Gasteiger partial charge in [0, 0.05) is 24.5 Å². The monoisotopic (exact) mass is 320 g/mol. The normalized spacial score (nSPS) is 11.3. The van der Waals surface area contributed by atoms with E-state index < -0.39 is 5.60 Å². The molecule has 0 aliphatic carbocycles. The van der Waals surface area contributed by atoms with Gasteiger partial charge in [0.2, 0.25) is 0 Å². The van der Waals surface area contributed by atoms with Crippen molar-refractivity contribution in [3.05, 3.63) is 46.4 Å². The zero-order valence-corrected chi connectivity index (χ0v) is 13.8. The first-order chi connectivity index (χ1) is 10.3. The molecule has 1 N–H and O–H groups in total. The van der Waals surface area contributed by atoms with Crippen molar-refractivity contribution in [2.75, 3.05) is 13.6 Å². The lowest BCUT2D eigenvalue weighted by Crippen LogP contribution is -2.39. The summed E-state index contributed by atoms with van der Waals surface area (Å²) in [7, 11) is 1.67. The Morgan fingerprint density at radius 3 is 2.86 bits per heavy atom. The van der Waals surface area contributed by atoms with Gasteiger partial charge in [0.1, 0.15) is 12.4 Å². The third-order valence-corrected chi connectivity index (χ3v) is 3.56. The summed E-state index contributed by atoms with van der Waals surface area (Å²) in [5.41, 5.74) is 2.22. The molecule has 0 saturated heterocycles. The number of aliphatic hydroxyl groups is 1. The maximum atomic E-state index is 12.4. The van der Waals surface area contributed by atoms with E-state index in [1.807, 2.05) is 5.38 Å². The third kappa shape index (κ3) is 4.82. The number of amides is 1. The number of hydrogen-bond donors (Lipinski definition) is 1. The van der Waals surface area contributed by atoms with Crippen LogP contribution in [-0.4, -0.2) is 40.1 Å². The summed E-state index contributed by atoms with van der Waals surface area (Å²) < 4.78 is 5.65. The predicted molar refractivity (Wildman–Crippen MR) is 86.1 cm³/mol. The lowest BCUT2D eigenvalue weighted by atomic mass is 10.1. The second kappa shape index (κ2) is 6.89. The van der Waals surface area contributed by atoms with Crippen molar-refractivity contribution in [3.63, 3.8) is 0 Å². The van der Waals surface area contributed by atoms with Crippen LogP contribution >= 0.6 is 11.3 Å². The van der Waals surface area contributed by atoms with Gasteiger partial charge in [0.25, 0.3) is 5.91 Å². The maximum absolute atomic E-state index is 12.4. The Kier molecular flexibility index (Phi) is 5.15. The molecule has 0 fully saturated rings. The summed E-state index contributed by atoms with van der Waals surface area (Å²) in [6, 6.07) is 7.02. The molecule has 1 aromatic carbocycles. The van der Waals surface area contributed by atoms with Crippen molar-refractivity contribution in [1.29, 1.82) is 0 Å². The first kappa shape index (κ1) is 16.5. The fourth-order valence-corrected chi connectivity index (χ4v) is 2.60. The van der Waals surface area contributed by atoms with Gasteiger partial charge in [-0.15, -0.1) is 11.3 Å². The van der Waals surface area contributed by atoms with Crippen molar-refractivity contribution >= 4 is 17.2 Å². The van der Waals surface area contributed by atoms with Crippen LogP contribution in [-0.2, 0) is 6.61 Å². The maximum Gasteiger partial charge on any atom is 0.253 e. The molecule has 1 heterocycles. The van der Waals surface area contributed by atoms with Crippen molar-refractivity contribution in [3.8, 4) is 5.75 Å². The van der Waals surface area contributed by atoms with Gasteiger partial charge in [-0.2, -0.15) is 0 Å². The first-order valence-electron chi connectivity index (χ1n) is 6.93. The highest BCUT2D eigenvalue weighted by molar-refractivity contribution is 7.07. The molecule has 22 heavy (non-hydrogen) atoms. The molecule has 1 amide bonds. The molecule has 0 bridgehead atoms. The van der Waals surface area contributed by atoms with Gasteiger partial charge in [0.05, 0.1) is 16.8 Å². The van der Waals surface area contributed by atoms with Crippen LogP contribution in [0.4, 0.5) is 0 Å². The molecule has 0 radical (unpaired) electrons. The minimum absolute atomic E-state index is 0.152. The van der Waals surface area contributed by atoms with Crippen molar-refractivity contribution in [2.24, 2.45) is 0 Å². The Bertz CT molecular complexity index is 621. The zero-order chi connectivity index (χ0) is 16.2. The van der Waals surface area contributed by atoms with E-state index in [9.17, 15) is 9.90 Å². The number of nitrogens with zero attached hydrogens (tertiary/aromatic N) is 2. The highest BCUT2D eigenvalue weighted by Crippen LogP contribution is 2.17. The highest BCUT2D eigenvalue weighted by atomic mass is 32.1. The van der Waals surface area contributed by atoms with Gasteiger partial charge in [-0.25, -0.2) is 4.98 Å². The lowest BCUT2D eigenvalue weighted by Gasteiger charge is -2.25. The Morgan fingerprint density at radius 2 is 2.23 bits per heavy atom. The van der Waals surface area contributed by atoms with Crippen LogP contribution in [0.2, 0.25) is 0 Å². The van der Waals surface area contributed by atoms with Crippen LogP contribution in [0.5, 0.6) is 5.75 Å². The van der Waals surface area contributed by atoms with Crippen LogP contribution in [0.15, 0.2) is 35.2 Å². The molecule has 5 nitrogen and oxygen atoms in total. The minimum Gasteiger partial charge on any atom is -0.487 e. The Balaban J connectivity index is 2.02. The molecular formula is C16H20N2O3S. The van der Waals surface area contributed by atoms with E-state index >= 15 is 0 Å². The molecule has 118 valence electrons. The summed E-state index contributed by atoms with van der Waals surface area (Å²) in [5.74, 6) is 0.469. The smallest absolute Gasteiger partial charge is 0.253 e.